The minimum Gasteiger partial charge on any atom is -0.352 e. The molecule has 0 bridgehead atoms. The van der Waals surface area contributed by atoms with Crippen LogP contribution in [0.3, 0.4) is 0 Å². The number of thioether (sulfide) groups is 1. The second-order valence-corrected chi connectivity index (χ2v) is 8.37. The number of hydrogen-bond donors (Lipinski definition) is 2. The summed E-state index contributed by atoms with van der Waals surface area (Å²) in [6.45, 7) is 5.02. The molecule has 1 amide bonds. The largest absolute Gasteiger partial charge is 0.352 e. The van der Waals surface area contributed by atoms with Gasteiger partial charge in [-0.3, -0.25) is 9.36 Å². The smallest absolute Gasteiger partial charge is 0.343 e. The molecule has 1 fully saturated rings. The third kappa shape index (κ3) is 5.25. The number of aryl methyl sites for hydroxylation is 1. The second kappa shape index (κ2) is 9.26. The fourth-order valence-corrected chi connectivity index (χ4v) is 4.44. The van der Waals surface area contributed by atoms with Gasteiger partial charge in [0.15, 0.2) is 5.16 Å². The molecule has 6 nitrogen and oxygen atoms in total. The van der Waals surface area contributed by atoms with Crippen LogP contribution in [0.2, 0.25) is 0 Å². The molecule has 0 radical (unpaired) electrons. The second-order valence-electron chi connectivity index (χ2n) is 7.43. The van der Waals surface area contributed by atoms with Crippen molar-refractivity contribution in [3.8, 4) is 0 Å². The van der Waals surface area contributed by atoms with Crippen molar-refractivity contribution in [1.82, 2.24) is 20.1 Å². The molecule has 27 heavy (non-hydrogen) atoms. The molecule has 0 aliphatic heterocycles. The van der Waals surface area contributed by atoms with Crippen LogP contribution in [0.15, 0.2) is 40.3 Å². The van der Waals surface area contributed by atoms with E-state index in [1.54, 1.807) is 4.57 Å². The predicted molar refractivity (Wildman–Crippen MR) is 108 cm³/mol. The molecule has 1 aromatic carbocycles. The van der Waals surface area contributed by atoms with Crippen molar-refractivity contribution in [2.75, 3.05) is 5.75 Å². The van der Waals surface area contributed by atoms with Crippen molar-refractivity contribution in [2.24, 2.45) is 11.8 Å². The van der Waals surface area contributed by atoms with Crippen molar-refractivity contribution in [1.29, 1.82) is 0 Å². The molecular formula is C20H28N4O2S. The minimum atomic E-state index is -0.233. The normalized spacial score (nSPS) is 22.5. The van der Waals surface area contributed by atoms with E-state index in [9.17, 15) is 9.59 Å². The molecule has 0 spiro atoms. The van der Waals surface area contributed by atoms with Crippen LogP contribution in [0.25, 0.3) is 0 Å². The van der Waals surface area contributed by atoms with E-state index in [0.29, 0.717) is 23.5 Å². The first-order valence-corrected chi connectivity index (χ1v) is 10.6. The average molecular weight is 389 g/mol. The highest BCUT2D eigenvalue weighted by atomic mass is 32.2. The van der Waals surface area contributed by atoms with Gasteiger partial charge in [0.2, 0.25) is 5.91 Å². The van der Waals surface area contributed by atoms with Crippen LogP contribution in [0, 0.1) is 11.8 Å². The lowest BCUT2D eigenvalue weighted by atomic mass is 9.78. The number of aromatic nitrogens is 3. The number of nitrogens with zero attached hydrogens (tertiary/aromatic N) is 2. The van der Waals surface area contributed by atoms with Crippen LogP contribution >= 0.6 is 11.8 Å². The van der Waals surface area contributed by atoms with Crippen molar-refractivity contribution in [3.63, 3.8) is 0 Å². The van der Waals surface area contributed by atoms with Crippen LogP contribution < -0.4 is 11.0 Å². The molecular weight excluding hydrogens is 360 g/mol. The molecule has 0 saturated heterocycles. The molecule has 1 heterocycles. The zero-order valence-electron chi connectivity index (χ0n) is 16.0. The maximum atomic E-state index is 12.4. The zero-order chi connectivity index (χ0) is 19.2. The Balaban J connectivity index is 1.53. The summed E-state index contributed by atoms with van der Waals surface area (Å²) in [6.07, 6.45) is 4.20. The summed E-state index contributed by atoms with van der Waals surface area (Å²) < 4.78 is 1.61. The summed E-state index contributed by atoms with van der Waals surface area (Å²) in [7, 11) is 0. The third-order valence-corrected chi connectivity index (χ3v) is 6.55. The van der Waals surface area contributed by atoms with Gasteiger partial charge in [0.1, 0.15) is 0 Å². The lowest BCUT2D eigenvalue weighted by molar-refractivity contribution is -0.120. The van der Waals surface area contributed by atoms with E-state index in [1.165, 1.54) is 30.2 Å². The van der Waals surface area contributed by atoms with Gasteiger partial charge in [-0.2, -0.15) is 0 Å². The molecule has 0 unspecified atom stereocenters. The lowest BCUT2D eigenvalue weighted by Gasteiger charge is -2.34. The number of rotatable bonds is 7. The topological polar surface area (TPSA) is 79.8 Å². The van der Waals surface area contributed by atoms with Gasteiger partial charge >= 0.3 is 5.69 Å². The Labute approximate surface area is 164 Å². The van der Waals surface area contributed by atoms with Crippen molar-refractivity contribution < 1.29 is 4.79 Å². The molecule has 2 N–H and O–H groups in total. The number of H-pyrrole nitrogens is 1. The fraction of sp³-hybridized carbons (Fsp3) is 0.550. The monoisotopic (exact) mass is 388 g/mol. The molecule has 7 heteroatoms. The summed E-state index contributed by atoms with van der Waals surface area (Å²) in [5.74, 6) is 1.43. The molecule has 2 aromatic rings. The first-order chi connectivity index (χ1) is 13.0. The first kappa shape index (κ1) is 19.7. The Bertz CT molecular complexity index is 802. The number of carbonyl (C=O) groups is 1. The zero-order valence-corrected chi connectivity index (χ0v) is 16.8. The lowest BCUT2D eigenvalue weighted by Crippen LogP contribution is -2.44. The number of aromatic amines is 1. The first-order valence-electron chi connectivity index (χ1n) is 9.66. The average Bonchev–Trinajstić information content (AvgIpc) is 3.02. The molecule has 1 aromatic heterocycles. The van der Waals surface area contributed by atoms with E-state index in [-0.39, 0.29) is 23.4 Å². The summed E-state index contributed by atoms with van der Waals surface area (Å²) in [5, 5.41) is 10.3. The Kier molecular flexibility index (Phi) is 6.77. The Morgan fingerprint density at radius 2 is 2.07 bits per heavy atom. The number of hydrogen-bond acceptors (Lipinski definition) is 4. The van der Waals surface area contributed by atoms with Crippen LogP contribution in [0.5, 0.6) is 0 Å². The maximum absolute atomic E-state index is 12.4. The molecule has 1 aliphatic rings. The third-order valence-electron chi connectivity index (χ3n) is 5.58. The highest BCUT2D eigenvalue weighted by Gasteiger charge is 2.28. The van der Waals surface area contributed by atoms with Crippen LogP contribution in [0.4, 0.5) is 0 Å². The molecule has 1 saturated carbocycles. The van der Waals surface area contributed by atoms with E-state index in [1.807, 2.05) is 30.3 Å². The molecule has 3 atom stereocenters. The van der Waals surface area contributed by atoms with E-state index >= 15 is 0 Å². The Hall–Kier alpha value is -2.02. The molecule has 3 rings (SSSR count). The fourth-order valence-electron chi connectivity index (χ4n) is 3.66. The number of amides is 1. The van der Waals surface area contributed by atoms with E-state index in [0.717, 1.165) is 12.8 Å². The Morgan fingerprint density at radius 1 is 1.30 bits per heavy atom. The molecule has 146 valence electrons. The Morgan fingerprint density at radius 3 is 2.85 bits per heavy atom. The molecule has 1 aliphatic carbocycles. The van der Waals surface area contributed by atoms with E-state index in [4.69, 9.17) is 0 Å². The maximum Gasteiger partial charge on any atom is 0.343 e. The number of benzene rings is 1. The minimum absolute atomic E-state index is 0.0102. The van der Waals surface area contributed by atoms with Gasteiger partial charge < -0.3 is 5.32 Å². The summed E-state index contributed by atoms with van der Waals surface area (Å²) in [6, 6.07) is 10.3. The van der Waals surface area contributed by atoms with E-state index < -0.39 is 0 Å². The van der Waals surface area contributed by atoms with Gasteiger partial charge in [0, 0.05) is 12.6 Å². The van der Waals surface area contributed by atoms with Crippen molar-refractivity contribution >= 4 is 17.7 Å². The summed E-state index contributed by atoms with van der Waals surface area (Å²) in [4.78, 5) is 24.4. The van der Waals surface area contributed by atoms with E-state index in [2.05, 4.69) is 29.4 Å². The van der Waals surface area contributed by atoms with Crippen LogP contribution in [-0.4, -0.2) is 32.5 Å². The van der Waals surface area contributed by atoms with Gasteiger partial charge in [-0.15, -0.1) is 5.10 Å². The van der Waals surface area contributed by atoms with Gasteiger partial charge in [-0.25, -0.2) is 9.89 Å². The van der Waals surface area contributed by atoms with Crippen molar-refractivity contribution in [3.05, 3.63) is 46.4 Å². The quantitative estimate of drug-likeness (QED) is 0.715. The van der Waals surface area contributed by atoms with Crippen LogP contribution in [0.1, 0.15) is 38.7 Å². The number of nitrogens with one attached hydrogen (secondary N) is 2. The standard InChI is InChI=1S/C20H28N4O2S/c1-14-7-6-10-17(15(14)2)21-18(25)13-27-20-23-22-19(26)24(20)12-11-16-8-4-3-5-9-16/h3-5,8-9,14-15,17H,6-7,10-13H2,1-2H3,(H,21,25)(H,22,26)/t14-,15+,17+/m0/s1. The van der Waals surface area contributed by atoms with Crippen LogP contribution in [-0.2, 0) is 17.8 Å². The predicted octanol–water partition coefficient (Wildman–Crippen LogP) is 2.85. The SMILES string of the molecule is C[C@@H]1[C@@H](C)CCC[C@H]1NC(=O)CSc1n[nH]c(=O)n1CCc1ccccc1. The van der Waals surface area contributed by atoms with Gasteiger partial charge in [-0.05, 0) is 30.2 Å². The number of carbonyl (C=O) groups excluding carboxylic acids is 1. The highest BCUT2D eigenvalue weighted by molar-refractivity contribution is 7.99. The highest BCUT2D eigenvalue weighted by Crippen LogP contribution is 2.29. The van der Waals surface area contributed by atoms with Gasteiger partial charge in [0.25, 0.3) is 0 Å². The van der Waals surface area contributed by atoms with Gasteiger partial charge in [-0.1, -0.05) is 68.8 Å². The summed E-state index contributed by atoms with van der Waals surface area (Å²) >= 11 is 1.31. The van der Waals surface area contributed by atoms with Gasteiger partial charge in [0.05, 0.1) is 5.75 Å². The van der Waals surface area contributed by atoms with Crippen molar-refractivity contribution in [2.45, 2.75) is 57.3 Å². The summed E-state index contributed by atoms with van der Waals surface area (Å²) in [5.41, 5.74) is 0.934.